The van der Waals surface area contributed by atoms with Crippen molar-refractivity contribution in [2.24, 2.45) is 0 Å². The zero-order valence-corrected chi connectivity index (χ0v) is 21.4. The smallest absolute Gasteiger partial charge is 0.164 e. The Morgan fingerprint density at radius 2 is 1.51 bits per heavy atom. The van der Waals surface area contributed by atoms with Crippen LogP contribution in [-0.2, 0) is 5.41 Å². The third-order valence-corrected chi connectivity index (χ3v) is 9.02. The van der Waals surface area contributed by atoms with Crippen LogP contribution in [0, 0.1) is 0 Å². The third-order valence-electron chi connectivity index (χ3n) is 7.86. The van der Waals surface area contributed by atoms with Gasteiger partial charge in [0.05, 0.1) is 16.7 Å². The number of imidazole rings is 1. The van der Waals surface area contributed by atoms with Gasteiger partial charge < -0.3 is 0 Å². The van der Waals surface area contributed by atoms with E-state index in [1.54, 1.807) is 0 Å². The Bertz CT molecular complexity index is 2010. The first-order valence-corrected chi connectivity index (χ1v) is 13.4. The fourth-order valence-corrected chi connectivity index (χ4v) is 7.08. The molecular weight excluding hydrogens is 470 g/mol. The highest BCUT2D eigenvalue weighted by Crippen LogP contribution is 2.47. The second-order valence-electron chi connectivity index (χ2n) is 10.3. The number of hydrogen-bond acceptors (Lipinski definition) is 3. The van der Waals surface area contributed by atoms with Gasteiger partial charge in [-0.15, -0.1) is 11.3 Å². The maximum Gasteiger partial charge on any atom is 0.164 e. The second-order valence-corrected chi connectivity index (χ2v) is 11.4. The largest absolute Gasteiger partial charge is 0.290 e. The molecule has 0 radical (unpaired) electrons. The highest BCUT2D eigenvalue weighted by Gasteiger charge is 2.36. The molecule has 0 amide bonds. The first-order valence-electron chi connectivity index (χ1n) is 12.6. The number of rotatable bonds is 2. The van der Waals surface area contributed by atoms with Crippen LogP contribution < -0.4 is 0 Å². The molecule has 0 spiro atoms. The molecule has 0 saturated carbocycles. The molecule has 7 aromatic rings. The van der Waals surface area contributed by atoms with Gasteiger partial charge in [-0.3, -0.25) is 9.55 Å². The lowest BCUT2D eigenvalue weighted by molar-refractivity contribution is 0.629. The fraction of sp³-hybridized carbons (Fsp3) is 0.0909. The van der Waals surface area contributed by atoms with E-state index in [1.807, 2.05) is 35.7 Å². The number of para-hydroxylation sites is 1. The van der Waals surface area contributed by atoms with E-state index >= 15 is 0 Å². The summed E-state index contributed by atoms with van der Waals surface area (Å²) in [6, 6.07) is 35.0. The van der Waals surface area contributed by atoms with Crippen molar-refractivity contribution in [3.63, 3.8) is 0 Å². The summed E-state index contributed by atoms with van der Waals surface area (Å²) in [6.07, 6.45) is 1.84. The maximum atomic E-state index is 5.06. The lowest BCUT2D eigenvalue weighted by atomic mass is 9.74. The number of nitrogens with zero attached hydrogens (tertiary/aromatic N) is 3. The summed E-state index contributed by atoms with van der Waals surface area (Å²) in [5, 5.41) is 2.66. The van der Waals surface area contributed by atoms with E-state index in [4.69, 9.17) is 4.98 Å². The van der Waals surface area contributed by atoms with Gasteiger partial charge in [-0.25, -0.2) is 4.98 Å². The first kappa shape index (κ1) is 20.9. The van der Waals surface area contributed by atoms with Crippen LogP contribution in [0.5, 0.6) is 0 Å². The van der Waals surface area contributed by atoms with Crippen LogP contribution >= 0.6 is 11.3 Å². The van der Waals surface area contributed by atoms with Gasteiger partial charge in [-0.2, -0.15) is 0 Å². The average Bonchev–Trinajstić information content (AvgIpc) is 3.51. The zero-order chi connectivity index (χ0) is 24.7. The van der Waals surface area contributed by atoms with E-state index in [9.17, 15) is 0 Å². The first-order chi connectivity index (χ1) is 18.1. The molecule has 37 heavy (non-hydrogen) atoms. The molecule has 1 aliphatic heterocycles. The SMILES string of the molecule is CC1(C)c2cc(-c3ccc4sc5ccccc5c4c3)ccc2-n2c(-c3ccccn3)nc3cccc1c32. The Labute approximate surface area is 218 Å². The van der Waals surface area contributed by atoms with Crippen LogP contribution in [0.1, 0.15) is 25.0 Å². The molecule has 3 aromatic heterocycles. The summed E-state index contributed by atoms with van der Waals surface area (Å²) in [5.41, 5.74) is 9.16. The Hall–Kier alpha value is -4.28. The van der Waals surface area contributed by atoms with E-state index in [0.717, 1.165) is 17.0 Å². The third kappa shape index (κ3) is 2.87. The molecule has 4 heteroatoms. The highest BCUT2D eigenvalue weighted by molar-refractivity contribution is 7.25. The van der Waals surface area contributed by atoms with Crippen molar-refractivity contribution < 1.29 is 0 Å². The molecule has 0 saturated heterocycles. The highest BCUT2D eigenvalue weighted by atomic mass is 32.1. The molecule has 1 aliphatic rings. The van der Waals surface area contributed by atoms with Gasteiger partial charge in [-0.1, -0.05) is 62.4 Å². The molecule has 0 N–H and O–H groups in total. The van der Waals surface area contributed by atoms with Gasteiger partial charge in [0.1, 0.15) is 5.69 Å². The Morgan fingerprint density at radius 3 is 2.41 bits per heavy atom. The number of aromatic nitrogens is 3. The second kappa shape index (κ2) is 7.37. The topological polar surface area (TPSA) is 30.7 Å². The molecule has 0 fully saturated rings. The molecule has 4 aromatic carbocycles. The monoisotopic (exact) mass is 493 g/mol. The summed E-state index contributed by atoms with van der Waals surface area (Å²) in [6.45, 7) is 4.66. The predicted molar refractivity (Wildman–Crippen MR) is 155 cm³/mol. The zero-order valence-electron chi connectivity index (χ0n) is 20.6. The van der Waals surface area contributed by atoms with Crippen LogP contribution in [0.4, 0.5) is 0 Å². The minimum atomic E-state index is -0.165. The molecule has 0 unspecified atom stereocenters. The number of hydrogen-bond donors (Lipinski definition) is 0. The summed E-state index contributed by atoms with van der Waals surface area (Å²) in [4.78, 5) is 9.71. The minimum absolute atomic E-state index is 0.165. The van der Waals surface area contributed by atoms with Crippen LogP contribution in [0.2, 0.25) is 0 Å². The molecule has 176 valence electrons. The van der Waals surface area contributed by atoms with Crippen molar-refractivity contribution in [1.82, 2.24) is 14.5 Å². The van der Waals surface area contributed by atoms with Crippen molar-refractivity contribution >= 4 is 42.5 Å². The summed E-state index contributed by atoms with van der Waals surface area (Å²) >= 11 is 1.86. The summed E-state index contributed by atoms with van der Waals surface area (Å²) in [7, 11) is 0. The predicted octanol–water partition coefficient (Wildman–Crippen LogP) is 8.76. The Morgan fingerprint density at radius 1 is 0.703 bits per heavy atom. The van der Waals surface area contributed by atoms with Gasteiger partial charge in [0, 0.05) is 31.8 Å². The summed E-state index contributed by atoms with van der Waals surface area (Å²) < 4.78 is 4.98. The van der Waals surface area contributed by atoms with Crippen LogP contribution in [0.15, 0.2) is 103 Å². The van der Waals surface area contributed by atoms with E-state index in [0.29, 0.717) is 0 Å². The van der Waals surface area contributed by atoms with E-state index < -0.39 is 0 Å². The molecule has 0 atom stereocenters. The van der Waals surface area contributed by atoms with E-state index in [2.05, 4.69) is 102 Å². The van der Waals surface area contributed by atoms with Crippen molar-refractivity contribution in [1.29, 1.82) is 0 Å². The normalized spacial score (nSPS) is 13.9. The summed E-state index contributed by atoms with van der Waals surface area (Å²) in [5.74, 6) is 0.888. The van der Waals surface area contributed by atoms with E-state index in [1.165, 1.54) is 53.6 Å². The Balaban J connectivity index is 1.38. The van der Waals surface area contributed by atoms with Gasteiger partial charge in [0.25, 0.3) is 0 Å². The number of thiophene rings is 1. The lowest BCUT2D eigenvalue weighted by Crippen LogP contribution is -2.26. The number of pyridine rings is 1. The van der Waals surface area contributed by atoms with Gasteiger partial charge in [-0.05, 0) is 70.8 Å². The molecule has 0 aliphatic carbocycles. The number of fused-ring (bicyclic) bond motifs is 5. The lowest BCUT2D eigenvalue weighted by Gasteiger charge is -2.35. The van der Waals surface area contributed by atoms with Gasteiger partial charge in [0.15, 0.2) is 5.82 Å². The molecular formula is C33H23N3S. The van der Waals surface area contributed by atoms with Gasteiger partial charge >= 0.3 is 0 Å². The minimum Gasteiger partial charge on any atom is -0.290 e. The molecule has 4 heterocycles. The van der Waals surface area contributed by atoms with Crippen molar-refractivity contribution in [2.75, 3.05) is 0 Å². The molecule has 3 nitrogen and oxygen atoms in total. The van der Waals surface area contributed by atoms with Crippen molar-refractivity contribution in [3.8, 4) is 28.3 Å². The number of benzene rings is 4. The quantitative estimate of drug-likeness (QED) is 0.241. The van der Waals surface area contributed by atoms with Crippen LogP contribution in [-0.4, -0.2) is 14.5 Å². The average molecular weight is 494 g/mol. The van der Waals surface area contributed by atoms with E-state index in [-0.39, 0.29) is 5.41 Å². The standard InChI is InChI=1S/C33H23N3S/c1-33(2)24-9-7-11-26-31(24)36(32(35-26)27-10-5-6-17-34-27)28-15-13-21(19-25(28)33)20-14-16-30-23(18-20)22-8-3-4-12-29(22)37-30/h3-19H,1-2H3. The fourth-order valence-electron chi connectivity index (χ4n) is 5.99. The van der Waals surface area contributed by atoms with Crippen molar-refractivity contribution in [3.05, 3.63) is 114 Å². The van der Waals surface area contributed by atoms with Gasteiger partial charge in [0.2, 0.25) is 0 Å². The van der Waals surface area contributed by atoms with Crippen LogP contribution in [0.25, 0.3) is 59.5 Å². The maximum absolute atomic E-state index is 5.06. The van der Waals surface area contributed by atoms with Crippen LogP contribution in [0.3, 0.4) is 0 Å². The van der Waals surface area contributed by atoms with Crippen molar-refractivity contribution in [2.45, 2.75) is 19.3 Å². The molecule has 0 bridgehead atoms. The Kier molecular flexibility index (Phi) is 4.16. The molecule has 8 rings (SSSR count).